The lowest BCUT2D eigenvalue weighted by Crippen LogP contribution is -2.54. The maximum absolute atomic E-state index is 13.2. The smallest absolute Gasteiger partial charge is 0.261 e. The summed E-state index contributed by atoms with van der Waals surface area (Å²) in [6.07, 6.45) is -0.0433. The average Bonchev–Trinajstić information content (AvgIpc) is 2.88. The number of carbonyl (C=O) groups is 2. The third-order valence-corrected chi connectivity index (χ3v) is 6.56. The Kier molecular flexibility index (Phi) is 7.70. The molecule has 2 aliphatic heterocycles. The molecule has 1 atom stereocenters. The zero-order chi connectivity index (χ0) is 24.1. The van der Waals surface area contributed by atoms with Gasteiger partial charge in [0.05, 0.1) is 26.9 Å². The van der Waals surface area contributed by atoms with Gasteiger partial charge in [-0.2, -0.15) is 0 Å². The van der Waals surface area contributed by atoms with E-state index >= 15 is 0 Å². The van der Waals surface area contributed by atoms with E-state index in [1.165, 1.54) is 0 Å². The first-order valence-corrected chi connectivity index (χ1v) is 11.7. The van der Waals surface area contributed by atoms with Crippen LogP contribution < -0.4 is 9.47 Å². The Morgan fingerprint density at radius 3 is 2.21 bits per heavy atom. The predicted octanol–water partition coefficient (Wildman–Crippen LogP) is 2.31. The second-order valence-electron chi connectivity index (χ2n) is 8.69. The first kappa shape index (κ1) is 24.0. The van der Waals surface area contributed by atoms with Crippen molar-refractivity contribution in [3.63, 3.8) is 0 Å². The molecule has 0 bridgehead atoms. The second kappa shape index (κ2) is 10.9. The van der Waals surface area contributed by atoms with Crippen LogP contribution in [0.5, 0.6) is 11.5 Å². The van der Waals surface area contributed by atoms with Crippen LogP contribution in [0.2, 0.25) is 0 Å². The van der Waals surface area contributed by atoms with E-state index in [2.05, 4.69) is 4.90 Å². The average molecular weight is 468 g/mol. The summed E-state index contributed by atoms with van der Waals surface area (Å²) in [5, 5.41) is 0. The molecule has 8 nitrogen and oxygen atoms in total. The van der Waals surface area contributed by atoms with E-state index < -0.39 is 0 Å². The number of hydrogen-bond donors (Lipinski definition) is 0. The number of methoxy groups -OCH3 is 2. The van der Waals surface area contributed by atoms with Crippen molar-refractivity contribution in [2.24, 2.45) is 0 Å². The summed E-state index contributed by atoms with van der Waals surface area (Å²) < 4.78 is 16.8. The molecular formula is C26H33N3O5. The van der Waals surface area contributed by atoms with Gasteiger partial charge in [-0.1, -0.05) is 24.3 Å². The first-order chi connectivity index (χ1) is 16.5. The second-order valence-corrected chi connectivity index (χ2v) is 8.69. The van der Waals surface area contributed by atoms with E-state index in [1.54, 1.807) is 26.4 Å². The zero-order valence-electron chi connectivity index (χ0n) is 20.2. The molecule has 0 saturated carbocycles. The van der Waals surface area contributed by atoms with Gasteiger partial charge >= 0.3 is 0 Å². The van der Waals surface area contributed by atoms with Crippen LogP contribution in [-0.4, -0.2) is 99.3 Å². The van der Waals surface area contributed by atoms with Crippen LogP contribution >= 0.6 is 0 Å². The number of amides is 2. The van der Waals surface area contributed by atoms with Crippen LogP contribution in [0.25, 0.3) is 0 Å². The summed E-state index contributed by atoms with van der Waals surface area (Å²) in [6.45, 7) is 7.12. The minimum Gasteiger partial charge on any atom is -0.496 e. The molecule has 1 unspecified atom stereocenters. The van der Waals surface area contributed by atoms with E-state index in [-0.39, 0.29) is 17.9 Å². The summed E-state index contributed by atoms with van der Waals surface area (Å²) in [7, 11) is 3.11. The fraction of sp³-hybridized carbons (Fsp3) is 0.462. The van der Waals surface area contributed by atoms with Crippen molar-refractivity contribution in [2.45, 2.75) is 13.0 Å². The van der Waals surface area contributed by atoms with Crippen molar-refractivity contribution >= 4 is 11.8 Å². The van der Waals surface area contributed by atoms with Crippen LogP contribution in [0.4, 0.5) is 0 Å². The normalized spacial score (nSPS) is 19.1. The topological polar surface area (TPSA) is 71.6 Å². The Morgan fingerprint density at radius 2 is 1.56 bits per heavy atom. The molecule has 4 rings (SSSR count). The standard InChI is InChI=1S/C26H33N3O5/c1-19-7-4-5-8-21(19)25(30)29-15-16-34-20(18-29)17-27-11-13-28(14-12-27)26(31)24-22(32-2)9-6-10-23(24)33-3/h4-10,20H,11-18H2,1-3H3. The lowest BCUT2D eigenvalue weighted by Gasteiger charge is -2.39. The number of benzene rings is 2. The SMILES string of the molecule is COc1cccc(OC)c1C(=O)N1CCN(CC2CN(C(=O)c3ccccc3C)CCO2)CC1. The van der Waals surface area contributed by atoms with E-state index in [9.17, 15) is 9.59 Å². The lowest BCUT2D eigenvalue weighted by atomic mass is 10.1. The predicted molar refractivity (Wildman–Crippen MR) is 129 cm³/mol. The van der Waals surface area contributed by atoms with Crippen molar-refractivity contribution in [1.82, 2.24) is 14.7 Å². The Morgan fingerprint density at radius 1 is 0.882 bits per heavy atom. The molecule has 0 N–H and O–H groups in total. The van der Waals surface area contributed by atoms with Gasteiger partial charge in [-0.3, -0.25) is 14.5 Å². The molecule has 2 aliphatic rings. The maximum Gasteiger partial charge on any atom is 0.261 e. The lowest BCUT2D eigenvalue weighted by molar-refractivity contribution is -0.0400. The molecule has 0 spiro atoms. The third kappa shape index (κ3) is 5.18. The van der Waals surface area contributed by atoms with Gasteiger partial charge in [0.1, 0.15) is 17.1 Å². The van der Waals surface area contributed by atoms with Gasteiger partial charge in [0.25, 0.3) is 11.8 Å². The number of ether oxygens (including phenoxy) is 3. The van der Waals surface area contributed by atoms with Crippen LogP contribution in [0.1, 0.15) is 26.3 Å². The highest BCUT2D eigenvalue weighted by Crippen LogP contribution is 2.30. The Labute approximate surface area is 201 Å². The number of carbonyl (C=O) groups excluding carboxylic acids is 2. The molecule has 2 amide bonds. The summed E-state index contributed by atoms with van der Waals surface area (Å²) in [4.78, 5) is 32.3. The minimum atomic E-state index is -0.0853. The molecule has 0 radical (unpaired) electrons. The molecule has 2 aromatic rings. The highest BCUT2D eigenvalue weighted by Gasteiger charge is 2.30. The molecular weight excluding hydrogens is 434 g/mol. The summed E-state index contributed by atoms with van der Waals surface area (Å²) in [6, 6.07) is 13.1. The van der Waals surface area contributed by atoms with Gasteiger partial charge in [0.2, 0.25) is 0 Å². The minimum absolute atomic E-state index is 0.0433. The largest absolute Gasteiger partial charge is 0.496 e. The van der Waals surface area contributed by atoms with Gasteiger partial charge in [-0.05, 0) is 30.7 Å². The van der Waals surface area contributed by atoms with Crippen LogP contribution in [-0.2, 0) is 4.74 Å². The van der Waals surface area contributed by atoms with Crippen molar-refractivity contribution in [1.29, 1.82) is 0 Å². The summed E-state index contributed by atoms with van der Waals surface area (Å²) >= 11 is 0. The van der Waals surface area contributed by atoms with Crippen molar-refractivity contribution < 1.29 is 23.8 Å². The molecule has 2 heterocycles. The van der Waals surface area contributed by atoms with Gasteiger partial charge in [0, 0.05) is 51.4 Å². The molecule has 2 aromatic carbocycles. The van der Waals surface area contributed by atoms with E-state index in [1.807, 2.05) is 47.1 Å². The fourth-order valence-corrected chi connectivity index (χ4v) is 4.64. The molecule has 182 valence electrons. The van der Waals surface area contributed by atoms with Crippen molar-refractivity contribution in [3.8, 4) is 11.5 Å². The quantitative estimate of drug-likeness (QED) is 0.649. The van der Waals surface area contributed by atoms with E-state index in [0.717, 1.165) is 30.8 Å². The van der Waals surface area contributed by atoms with Gasteiger partial charge in [-0.25, -0.2) is 0 Å². The molecule has 8 heteroatoms. The number of aryl methyl sites for hydroxylation is 1. The maximum atomic E-state index is 13.2. The summed E-state index contributed by atoms with van der Waals surface area (Å²) in [5.41, 5.74) is 2.20. The zero-order valence-corrected chi connectivity index (χ0v) is 20.2. The third-order valence-electron chi connectivity index (χ3n) is 6.56. The fourth-order valence-electron chi connectivity index (χ4n) is 4.64. The molecule has 34 heavy (non-hydrogen) atoms. The number of morpholine rings is 1. The van der Waals surface area contributed by atoms with Crippen LogP contribution in [0, 0.1) is 6.92 Å². The molecule has 0 aliphatic carbocycles. The highest BCUT2D eigenvalue weighted by atomic mass is 16.5. The first-order valence-electron chi connectivity index (χ1n) is 11.7. The summed E-state index contributed by atoms with van der Waals surface area (Å²) in [5.74, 6) is 1.01. The van der Waals surface area contributed by atoms with E-state index in [4.69, 9.17) is 14.2 Å². The molecule has 0 aromatic heterocycles. The Hall–Kier alpha value is -3.10. The van der Waals surface area contributed by atoms with Crippen LogP contribution in [0.15, 0.2) is 42.5 Å². The number of nitrogens with zero attached hydrogens (tertiary/aromatic N) is 3. The number of rotatable bonds is 6. The van der Waals surface area contributed by atoms with Crippen molar-refractivity contribution in [2.75, 3.05) is 66.6 Å². The van der Waals surface area contributed by atoms with Gasteiger partial charge in [-0.15, -0.1) is 0 Å². The highest BCUT2D eigenvalue weighted by molar-refractivity contribution is 5.99. The van der Waals surface area contributed by atoms with E-state index in [0.29, 0.717) is 49.8 Å². The van der Waals surface area contributed by atoms with Gasteiger partial charge < -0.3 is 24.0 Å². The molecule has 2 fully saturated rings. The Balaban J connectivity index is 1.33. The van der Waals surface area contributed by atoms with Gasteiger partial charge in [0.15, 0.2) is 0 Å². The Bertz CT molecular complexity index is 997. The number of piperazine rings is 1. The van der Waals surface area contributed by atoms with Crippen LogP contribution in [0.3, 0.4) is 0 Å². The van der Waals surface area contributed by atoms with Crippen molar-refractivity contribution in [3.05, 3.63) is 59.2 Å². The number of hydrogen-bond acceptors (Lipinski definition) is 6. The molecule has 2 saturated heterocycles. The monoisotopic (exact) mass is 467 g/mol.